The molecule has 0 heterocycles. The van der Waals surface area contributed by atoms with Crippen LogP contribution in [0, 0.1) is 11.8 Å². The number of rotatable bonds is 2. The Labute approximate surface area is 124 Å². The van der Waals surface area contributed by atoms with E-state index < -0.39 is 0 Å². The summed E-state index contributed by atoms with van der Waals surface area (Å²) < 4.78 is 0. The van der Waals surface area contributed by atoms with Crippen LogP contribution in [0.1, 0.15) is 12.0 Å². The quantitative estimate of drug-likeness (QED) is 0.784. The topological polar surface area (TPSA) is 0 Å². The van der Waals surface area contributed by atoms with Gasteiger partial charge in [0.15, 0.2) is 0 Å². The zero-order valence-electron chi connectivity index (χ0n) is 12.2. The van der Waals surface area contributed by atoms with E-state index in [0.29, 0.717) is 11.8 Å². The molecule has 2 aromatic rings. The predicted octanol–water partition coefficient (Wildman–Crippen LogP) is 2.07. The Balaban J connectivity index is 2.41. The van der Waals surface area contributed by atoms with Gasteiger partial charge in [-0.1, -0.05) is 62.7 Å². The fourth-order valence-electron chi connectivity index (χ4n) is 3.81. The van der Waals surface area contributed by atoms with Gasteiger partial charge in [0.05, 0.1) is 0 Å². The van der Waals surface area contributed by atoms with Crippen LogP contribution in [0.4, 0.5) is 0 Å². The van der Waals surface area contributed by atoms with Crippen LogP contribution in [0.2, 0.25) is 0 Å². The van der Waals surface area contributed by atoms with Crippen molar-refractivity contribution in [3.8, 4) is 0 Å². The van der Waals surface area contributed by atoms with E-state index in [2.05, 4.69) is 50.6 Å². The first kappa shape index (κ1) is 12.4. The Kier molecular flexibility index (Phi) is 2.41. The molecule has 0 spiro atoms. The maximum atomic E-state index is 4.32. The van der Waals surface area contributed by atoms with Crippen molar-refractivity contribution in [3.05, 3.63) is 63.9 Å². The first-order valence-corrected chi connectivity index (χ1v) is 7.41. The van der Waals surface area contributed by atoms with E-state index in [0.717, 1.165) is 16.0 Å². The predicted molar refractivity (Wildman–Crippen MR) is 93.3 cm³/mol. The van der Waals surface area contributed by atoms with Crippen molar-refractivity contribution in [3.63, 3.8) is 0 Å². The zero-order valence-corrected chi connectivity index (χ0v) is 12.2. The molecule has 0 heteroatoms. The molecule has 4 rings (SSSR count). The summed E-state index contributed by atoms with van der Waals surface area (Å²) in [5.74, 6) is 1.33. The third kappa shape index (κ3) is 1.50. The Bertz CT molecular complexity index is 1030. The molecule has 0 N–H and O–H groups in total. The first-order valence-electron chi connectivity index (χ1n) is 7.41. The van der Waals surface area contributed by atoms with Crippen LogP contribution in [0.5, 0.6) is 0 Å². The molecule has 1 fully saturated rings. The van der Waals surface area contributed by atoms with Gasteiger partial charge in [0, 0.05) is 0 Å². The summed E-state index contributed by atoms with van der Waals surface area (Å²) in [6.45, 7) is 16.6. The van der Waals surface area contributed by atoms with Gasteiger partial charge in [0.1, 0.15) is 0 Å². The highest BCUT2D eigenvalue weighted by Crippen LogP contribution is 2.46. The average Bonchev–Trinajstić information content (AvgIpc) is 3.28. The summed E-state index contributed by atoms with van der Waals surface area (Å²) >= 11 is 0. The van der Waals surface area contributed by atoms with Gasteiger partial charge in [-0.25, -0.2) is 0 Å². The van der Waals surface area contributed by atoms with Crippen molar-refractivity contribution < 1.29 is 0 Å². The van der Waals surface area contributed by atoms with E-state index in [-0.39, 0.29) is 0 Å². The fraction of sp³-hybridized carbons (Fsp3) is 0.143. The summed E-state index contributed by atoms with van der Waals surface area (Å²) in [4.78, 5) is 0. The Morgan fingerprint density at radius 3 is 2.57 bits per heavy atom. The molecule has 2 unspecified atom stereocenters. The number of fused-ring (bicyclic) bond motifs is 4. The van der Waals surface area contributed by atoms with Gasteiger partial charge in [-0.15, -0.1) is 0 Å². The third-order valence-electron chi connectivity index (χ3n) is 4.97. The molecule has 0 amide bonds. The van der Waals surface area contributed by atoms with Crippen molar-refractivity contribution in [1.82, 2.24) is 0 Å². The second-order valence-corrected chi connectivity index (χ2v) is 6.05. The molecule has 0 nitrogen and oxygen atoms in total. The van der Waals surface area contributed by atoms with Crippen LogP contribution >= 0.6 is 0 Å². The molecule has 2 aromatic carbocycles. The largest absolute Gasteiger partial charge is 0.0988 e. The molecule has 102 valence electrons. The van der Waals surface area contributed by atoms with Gasteiger partial charge < -0.3 is 0 Å². The SMILES string of the molecule is C=CC1=c2c(=C)c(=C)c3c(C=C)cccc3c2=CC2CC12. The van der Waals surface area contributed by atoms with E-state index in [4.69, 9.17) is 0 Å². The van der Waals surface area contributed by atoms with Crippen LogP contribution in [0.3, 0.4) is 0 Å². The Hall–Kier alpha value is -2.34. The van der Waals surface area contributed by atoms with Crippen molar-refractivity contribution in [1.29, 1.82) is 0 Å². The summed E-state index contributed by atoms with van der Waals surface area (Å²) in [5, 5.41) is 7.11. The van der Waals surface area contributed by atoms with Gasteiger partial charge in [0.25, 0.3) is 0 Å². The van der Waals surface area contributed by atoms with E-state index in [1.807, 2.05) is 12.2 Å². The van der Waals surface area contributed by atoms with Gasteiger partial charge in [0.2, 0.25) is 0 Å². The molecule has 0 aromatic heterocycles. The summed E-state index contributed by atoms with van der Waals surface area (Å²) in [6.07, 6.45) is 7.60. The number of hydrogen-bond donors (Lipinski definition) is 0. The summed E-state index contributed by atoms with van der Waals surface area (Å²) in [6, 6.07) is 6.38. The molecule has 2 aliphatic carbocycles. The lowest BCUT2D eigenvalue weighted by atomic mass is 9.91. The highest BCUT2D eigenvalue weighted by molar-refractivity contribution is 5.93. The van der Waals surface area contributed by atoms with E-state index >= 15 is 0 Å². The first-order chi connectivity index (χ1) is 10.2. The molecule has 2 atom stereocenters. The minimum absolute atomic E-state index is 0.648. The Morgan fingerprint density at radius 1 is 1.05 bits per heavy atom. The lowest BCUT2D eigenvalue weighted by molar-refractivity contribution is 1.03. The van der Waals surface area contributed by atoms with Gasteiger partial charge in [-0.05, 0) is 61.0 Å². The number of hydrogen-bond acceptors (Lipinski definition) is 0. The zero-order chi connectivity index (χ0) is 14.7. The summed E-state index contributed by atoms with van der Waals surface area (Å²) in [7, 11) is 0. The van der Waals surface area contributed by atoms with Crippen molar-refractivity contribution in [2.75, 3.05) is 0 Å². The highest BCUT2D eigenvalue weighted by Gasteiger charge is 2.39. The van der Waals surface area contributed by atoms with E-state index in [9.17, 15) is 0 Å². The molecule has 0 radical (unpaired) electrons. The molecular weight excluding hydrogens is 252 g/mol. The van der Waals surface area contributed by atoms with Gasteiger partial charge in [-0.2, -0.15) is 0 Å². The van der Waals surface area contributed by atoms with Crippen LogP contribution in [0.15, 0.2) is 37.4 Å². The van der Waals surface area contributed by atoms with Crippen molar-refractivity contribution in [2.45, 2.75) is 6.42 Å². The molecular formula is C21H18. The van der Waals surface area contributed by atoms with Crippen LogP contribution in [-0.4, -0.2) is 0 Å². The minimum Gasteiger partial charge on any atom is -0.0988 e. The van der Waals surface area contributed by atoms with Crippen LogP contribution in [-0.2, 0) is 0 Å². The minimum atomic E-state index is 0.648. The lowest BCUT2D eigenvalue weighted by Gasteiger charge is -2.12. The highest BCUT2D eigenvalue weighted by atomic mass is 14.4. The maximum absolute atomic E-state index is 4.32. The Morgan fingerprint density at radius 2 is 1.86 bits per heavy atom. The maximum Gasteiger partial charge on any atom is -0.00329 e. The second-order valence-electron chi connectivity index (χ2n) is 6.05. The number of allylic oxidation sites excluding steroid dienone is 1. The van der Waals surface area contributed by atoms with Crippen LogP contribution < -0.4 is 20.9 Å². The smallest absolute Gasteiger partial charge is 0.00329 e. The standard InChI is InChI=1S/C21H18/c1-5-14-8-7-9-17-19-11-15-10-18(15)16(6-2)21(19)13(4)12(3)20(14)17/h5-9,11,15,18H,1-4,10H2. The lowest BCUT2D eigenvalue weighted by Crippen LogP contribution is -2.50. The molecule has 0 bridgehead atoms. The molecule has 2 aliphatic rings. The second kappa shape index (κ2) is 4.08. The van der Waals surface area contributed by atoms with Gasteiger partial charge in [-0.3, -0.25) is 0 Å². The summed E-state index contributed by atoms with van der Waals surface area (Å²) in [5.41, 5.74) is 2.50. The van der Waals surface area contributed by atoms with Crippen molar-refractivity contribution >= 4 is 41.7 Å². The van der Waals surface area contributed by atoms with E-state index in [1.54, 1.807) is 0 Å². The molecule has 0 aliphatic heterocycles. The van der Waals surface area contributed by atoms with E-state index in [1.165, 1.54) is 33.2 Å². The number of benzene rings is 2. The monoisotopic (exact) mass is 270 g/mol. The molecule has 21 heavy (non-hydrogen) atoms. The van der Waals surface area contributed by atoms with Crippen molar-refractivity contribution in [2.24, 2.45) is 11.8 Å². The fourth-order valence-corrected chi connectivity index (χ4v) is 3.81. The molecule has 0 saturated heterocycles. The van der Waals surface area contributed by atoms with Gasteiger partial charge >= 0.3 is 0 Å². The van der Waals surface area contributed by atoms with Crippen LogP contribution in [0.25, 0.3) is 41.7 Å². The average molecular weight is 270 g/mol. The third-order valence-corrected chi connectivity index (χ3v) is 4.97. The molecule has 1 saturated carbocycles. The normalized spacial score (nSPS) is 22.2.